The lowest BCUT2D eigenvalue weighted by atomic mass is 9.97. The highest BCUT2D eigenvalue weighted by atomic mass is 35.5. The van der Waals surface area contributed by atoms with Crippen LogP contribution in [0.1, 0.15) is 23.7 Å². The van der Waals surface area contributed by atoms with E-state index in [0.29, 0.717) is 15.6 Å². The minimum absolute atomic E-state index is 0.0175. The molecular weight excluding hydrogens is 323 g/mol. The number of Topliss-reactive ketones (excluding diaryl/α,β-unsaturated/α-hetero) is 1. The molecule has 2 aromatic rings. The highest BCUT2D eigenvalue weighted by Crippen LogP contribution is 2.30. The first-order valence-corrected chi connectivity index (χ1v) is 7.45. The molecular formula is C17H14Cl2O3. The molecule has 0 heterocycles. The Bertz CT molecular complexity index is 708. The standard InChI is InChI=1S/C17H14Cl2O3/c1-10(17(21)22)8-16(20)12-4-2-11(3-5-12)14-7-6-13(18)9-15(14)19/h2-7,9-10H,8H2,1H3,(H,21,22). The van der Waals surface area contributed by atoms with Gasteiger partial charge >= 0.3 is 5.97 Å². The third-order valence-corrected chi connectivity index (χ3v) is 3.91. The SMILES string of the molecule is CC(CC(=O)c1ccc(-c2ccc(Cl)cc2Cl)cc1)C(=O)O. The van der Waals surface area contributed by atoms with Gasteiger partial charge in [-0.3, -0.25) is 9.59 Å². The van der Waals surface area contributed by atoms with Crippen molar-refractivity contribution >= 4 is 35.0 Å². The van der Waals surface area contributed by atoms with Crippen molar-refractivity contribution in [2.45, 2.75) is 13.3 Å². The quantitative estimate of drug-likeness (QED) is 0.785. The van der Waals surface area contributed by atoms with Crippen LogP contribution in [0.5, 0.6) is 0 Å². The van der Waals surface area contributed by atoms with Gasteiger partial charge in [-0.1, -0.05) is 60.5 Å². The van der Waals surface area contributed by atoms with Gasteiger partial charge < -0.3 is 5.11 Å². The van der Waals surface area contributed by atoms with Gasteiger partial charge in [0.05, 0.1) is 5.92 Å². The predicted molar refractivity (Wildman–Crippen MR) is 87.6 cm³/mol. The van der Waals surface area contributed by atoms with E-state index in [4.69, 9.17) is 28.3 Å². The van der Waals surface area contributed by atoms with Crippen LogP contribution < -0.4 is 0 Å². The summed E-state index contributed by atoms with van der Waals surface area (Å²) < 4.78 is 0. The number of benzene rings is 2. The molecule has 5 heteroatoms. The first-order chi connectivity index (χ1) is 10.4. The van der Waals surface area contributed by atoms with Crippen molar-refractivity contribution in [3.05, 3.63) is 58.1 Å². The third-order valence-electron chi connectivity index (χ3n) is 3.36. The van der Waals surface area contributed by atoms with Crippen LogP contribution in [0.3, 0.4) is 0 Å². The summed E-state index contributed by atoms with van der Waals surface area (Å²) in [5.41, 5.74) is 2.18. The highest BCUT2D eigenvalue weighted by molar-refractivity contribution is 6.36. The summed E-state index contributed by atoms with van der Waals surface area (Å²) in [5.74, 6) is -1.86. The van der Waals surface area contributed by atoms with Crippen molar-refractivity contribution in [3.63, 3.8) is 0 Å². The summed E-state index contributed by atoms with van der Waals surface area (Å²) in [7, 11) is 0. The lowest BCUT2D eigenvalue weighted by Gasteiger charge is -2.08. The maximum absolute atomic E-state index is 12.0. The van der Waals surface area contributed by atoms with E-state index in [-0.39, 0.29) is 12.2 Å². The van der Waals surface area contributed by atoms with Crippen LogP contribution >= 0.6 is 23.2 Å². The van der Waals surface area contributed by atoms with Gasteiger partial charge in [-0.25, -0.2) is 0 Å². The van der Waals surface area contributed by atoms with Crippen LogP contribution in [0.25, 0.3) is 11.1 Å². The van der Waals surface area contributed by atoms with E-state index in [9.17, 15) is 9.59 Å². The van der Waals surface area contributed by atoms with Crippen molar-refractivity contribution < 1.29 is 14.7 Å². The molecule has 0 aromatic heterocycles. The number of carbonyl (C=O) groups is 2. The van der Waals surface area contributed by atoms with Crippen molar-refractivity contribution in [3.8, 4) is 11.1 Å². The summed E-state index contributed by atoms with van der Waals surface area (Å²) in [5, 5.41) is 9.94. The Balaban J connectivity index is 2.20. The van der Waals surface area contributed by atoms with Gasteiger partial charge in [-0.2, -0.15) is 0 Å². The molecule has 0 saturated heterocycles. The number of carbonyl (C=O) groups excluding carboxylic acids is 1. The smallest absolute Gasteiger partial charge is 0.306 e. The van der Waals surface area contributed by atoms with Crippen LogP contribution in [0.15, 0.2) is 42.5 Å². The molecule has 3 nitrogen and oxygen atoms in total. The van der Waals surface area contributed by atoms with Gasteiger partial charge in [-0.15, -0.1) is 0 Å². The van der Waals surface area contributed by atoms with E-state index < -0.39 is 11.9 Å². The minimum Gasteiger partial charge on any atom is -0.481 e. The fourth-order valence-corrected chi connectivity index (χ4v) is 2.56. The van der Waals surface area contributed by atoms with E-state index in [1.54, 1.807) is 36.4 Å². The average molecular weight is 337 g/mol. The molecule has 0 bridgehead atoms. The molecule has 114 valence electrons. The highest BCUT2D eigenvalue weighted by Gasteiger charge is 2.17. The van der Waals surface area contributed by atoms with Crippen LogP contribution in [0, 0.1) is 5.92 Å². The summed E-state index contributed by atoms with van der Waals surface area (Å²) in [6.07, 6.45) is -0.0175. The van der Waals surface area contributed by atoms with Gasteiger partial charge in [-0.05, 0) is 17.7 Å². The lowest BCUT2D eigenvalue weighted by molar-refractivity contribution is -0.141. The molecule has 0 amide bonds. The predicted octanol–water partition coefficient (Wildman–Crippen LogP) is 4.95. The number of carboxylic acids is 1. The molecule has 0 aliphatic heterocycles. The second kappa shape index (κ2) is 6.95. The van der Waals surface area contributed by atoms with Crippen molar-refractivity contribution in [2.75, 3.05) is 0 Å². The Labute approximate surface area is 138 Å². The van der Waals surface area contributed by atoms with Crippen molar-refractivity contribution in [1.82, 2.24) is 0 Å². The molecule has 0 radical (unpaired) electrons. The van der Waals surface area contributed by atoms with E-state index >= 15 is 0 Å². The Hall–Kier alpha value is -1.84. The number of hydrogen-bond donors (Lipinski definition) is 1. The zero-order chi connectivity index (χ0) is 16.3. The van der Waals surface area contributed by atoms with Crippen molar-refractivity contribution in [1.29, 1.82) is 0 Å². The first-order valence-electron chi connectivity index (χ1n) is 6.70. The molecule has 2 aromatic carbocycles. The second-order valence-electron chi connectivity index (χ2n) is 5.07. The summed E-state index contributed by atoms with van der Waals surface area (Å²) in [4.78, 5) is 22.8. The van der Waals surface area contributed by atoms with Crippen LogP contribution in [0.2, 0.25) is 10.0 Å². The zero-order valence-electron chi connectivity index (χ0n) is 11.8. The molecule has 0 aliphatic rings. The topological polar surface area (TPSA) is 54.4 Å². The maximum atomic E-state index is 12.0. The van der Waals surface area contributed by atoms with Crippen molar-refractivity contribution in [2.24, 2.45) is 5.92 Å². The van der Waals surface area contributed by atoms with Gasteiger partial charge in [0.1, 0.15) is 0 Å². The maximum Gasteiger partial charge on any atom is 0.306 e. The Morgan fingerprint density at radius 2 is 1.73 bits per heavy atom. The first kappa shape index (κ1) is 16.5. The molecule has 1 N–H and O–H groups in total. The monoisotopic (exact) mass is 336 g/mol. The lowest BCUT2D eigenvalue weighted by Crippen LogP contribution is -2.14. The molecule has 2 rings (SSSR count). The van der Waals surface area contributed by atoms with Gasteiger partial charge in [0.15, 0.2) is 5.78 Å². The Morgan fingerprint density at radius 3 is 2.27 bits per heavy atom. The Kier molecular flexibility index (Phi) is 5.22. The van der Waals surface area contributed by atoms with Gasteiger partial charge in [0, 0.05) is 27.6 Å². The summed E-state index contributed by atoms with van der Waals surface area (Å²) in [6, 6.07) is 12.1. The number of halogens is 2. The normalized spacial score (nSPS) is 12.0. The Morgan fingerprint density at radius 1 is 1.09 bits per heavy atom. The number of ketones is 1. The molecule has 0 spiro atoms. The fourth-order valence-electron chi connectivity index (χ4n) is 2.04. The van der Waals surface area contributed by atoms with Crippen LogP contribution in [0.4, 0.5) is 0 Å². The van der Waals surface area contributed by atoms with Gasteiger partial charge in [0.2, 0.25) is 0 Å². The summed E-state index contributed by atoms with van der Waals surface area (Å²) >= 11 is 12.0. The number of rotatable bonds is 5. The summed E-state index contributed by atoms with van der Waals surface area (Å²) in [6.45, 7) is 1.52. The van der Waals surface area contributed by atoms with Crippen LogP contribution in [-0.2, 0) is 4.79 Å². The van der Waals surface area contributed by atoms with E-state index in [1.807, 2.05) is 6.07 Å². The average Bonchev–Trinajstić information content (AvgIpc) is 2.47. The molecule has 0 aliphatic carbocycles. The molecule has 0 saturated carbocycles. The van der Waals surface area contributed by atoms with E-state index in [2.05, 4.69) is 0 Å². The number of aliphatic carboxylic acids is 1. The van der Waals surface area contributed by atoms with Gasteiger partial charge in [0.25, 0.3) is 0 Å². The number of hydrogen-bond acceptors (Lipinski definition) is 2. The van der Waals surface area contributed by atoms with E-state index in [1.165, 1.54) is 6.92 Å². The molecule has 1 unspecified atom stereocenters. The zero-order valence-corrected chi connectivity index (χ0v) is 13.4. The molecule has 0 fully saturated rings. The van der Waals surface area contributed by atoms with Crippen LogP contribution in [-0.4, -0.2) is 16.9 Å². The second-order valence-corrected chi connectivity index (χ2v) is 5.91. The number of carboxylic acid groups (broad SMARTS) is 1. The fraction of sp³-hybridized carbons (Fsp3) is 0.176. The molecule has 22 heavy (non-hydrogen) atoms. The third kappa shape index (κ3) is 3.87. The van der Waals surface area contributed by atoms with E-state index in [0.717, 1.165) is 11.1 Å². The largest absolute Gasteiger partial charge is 0.481 e. The molecule has 1 atom stereocenters. The minimum atomic E-state index is -0.974.